The summed E-state index contributed by atoms with van der Waals surface area (Å²) in [6.45, 7) is 7.87. The number of hydrogen-bond donors (Lipinski definition) is 1. The van der Waals surface area contributed by atoms with Crippen LogP contribution in [0.1, 0.15) is 39.5 Å². The lowest BCUT2D eigenvalue weighted by Gasteiger charge is -2.40. The molecule has 0 bridgehead atoms. The van der Waals surface area contributed by atoms with Gasteiger partial charge in [-0.1, -0.05) is 0 Å². The van der Waals surface area contributed by atoms with Crippen molar-refractivity contribution in [2.24, 2.45) is 11.8 Å². The number of ether oxygens (including phenoxy) is 1. The molecule has 7 heteroatoms. The minimum absolute atomic E-state index is 0.0389. The van der Waals surface area contributed by atoms with E-state index in [0.717, 1.165) is 36.3 Å². The van der Waals surface area contributed by atoms with E-state index in [-0.39, 0.29) is 5.60 Å². The maximum absolute atomic E-state index is 5.90. The minimum Gasteiger partial charge on any atom is -0.375 e. The zero-order valence-corrected chi connectivity index (χ0v) is 15.6. The molecule has 3 fully saturated rings. The van der Waals surface area contributed by atoms with Crippen molar-refractivity contribution in [1.29, 1.82) is 0 Å². The number of nitrogens with zero attached hydrogens (tertiary/aromatic N) is 5. The van der Waals surface area contributed by atoms with Gasteiger partial charge in [-0.15, -0.1) is 15.3 Å². The number of nitrogens with one attached hydrogen (secondary N) is 1. The van der Waals surface area contributed by atoms with Crippen LogP contribution >= 0.6 is 0 Å². The minimum atomic E-state index is 0.0389. The molecule has 1 N–H and O–H groups in total. The molecule has 140 valence electrons. The number of likely N-dealkylation sites (tertiary alicyclic amines) is 1. The molecule has 3 aliphatic rings. The lowest BCUT2D eigenvalue weighted by molar-refractivity contribution is -0.0811. The SMILES string of the molecule is CC1(C)CC(N2C[C@H]3C[C@@H](Nc4ccc5nncn5n4)C[C@H]3C2)CCO1. The highest BCUT2D eigenvalue weighted by Gasteiger charge is 2.44. The van der Waals surface area contributed by atoms with Crippen LogP contribution in [0.5, 0.6) is 0 Å². The van der Waals surface area contributed by atoms with Crippen LogP contribution in [0.3, 0.4) is 0 Å². The van der Waals surface area contributed by atoms with Gasteiger partial charge in [0.05, 0.1) is 5.60 Å². The first-order valence-corrected chi connectivity index (χ1v) is 9.87. The normalized spacial score (nSPS) is 34.2. The smallest absolute Gasteiger partial charge is 0.177 e. The Bertz CT molecular complexity index is 775. The van der Waals surface area contributed by atoms with Crippen LogP contribution in [0.15, 0.2) is 18.5 Å². The summed E-state index contributed by atoms with van der Waals surface area (Å²) in [7, 11) is 0. The molecule has 1 saturated carbocycles. The van der Waals surface area contributed by atoms with Crippen LogP contribution in [0.4, 0.5) is 5.82 Å². The molecule has 2 saturated heterocycles. The first-order valence-electron chi connectivity index (χ1n) is 9.87. The van der Waals surface area contributed by atoms with E-state index in [4.69, 9.17) is 4.74 Å². The first-order chi connectivity index (χ1) is 12.6. The van der Waals surface area contributed by atoms with Gasteiger partial charge in [-0.25, -0.2) is 0 Å². The summed E-state index contributed by atoms with van der Waals surface area (Å²) < 4.78 is 7.63. The molecule has 4 atom stereocenters. The average molecular weight is 356 g/mol. The highest BCUT2D eigenvalue weighted by atomic mass is 16.5. The van der Waals surface area contributed by atoms with E-state index in [1.54, 1.807) is 10.8 Å². The number of rotatable bonds is 3. The van der Waals surface area contributed by atoms with E-state index in [1.807, 2.05) is 12.1 Å². The summed E-state index contributed by atoms with van der Waals surface area (Å²) in [6.07, 6.45) is 6.49. The molecule has 0 aromatic carbocycles. The molecule has 5 rings (SSSR count). The monoisotopic (exact) mass is 356 g/mol. The van der Waals surface area contributed by atoms with Crippen molar-refractivity contribution in [2.45, 2.75) is 57.2 Å². The Morgan fingerprint density at radius 1 is 1.19 bits per heavy atom. The van der Waals surface area contributed by atoms with E-state index in [9.17, 15) is 0 Å². The second-order valence-electron chi connectivity index (χ2n) is 8.89. The van der Waals surface area contributed by atoms with Crippen molar-refractivity contribution < 1.29 is 4.74 Å². The number of anilines is 1. The van der Waals surface area contributed by atoms with Gasteiger partial charge in [-0.3, -0.25) is 4.90 Å². The van der Waals surface area contributed by atoms with Crippen molar-refractivity contribution >= 4 is 11.5 Å². The molecule has 2 aromatic rings. The predicted molar refractivity (Wildman–Crippen MR) is 99.0 cm³/mol. The van der Waals surface area contributed by atoms with Gasteiger partial charge in [0.2, 0.25) is 0 Å². The standard InChI is InChI=1S/C19H28N6O/c1-19(2)9-16(5-6-26-19)24-10-13-7-15(8-14(13)11-24)21-17-3-4-18-22-20-12-25(18)23-17/h3-4,12-16H,5-11H2,1-2H3,(H,21,23)/t13-,14+,15-,16?. The summed E-state index contributed by atoms with van der Waals surface area (Å²) in [5.41, 5.74) is 0.825. The zero-order chi connectivity index (χ0) is 17.7. The second kappa shape index (κ2) is 6.16. The molecule has 4 heterocycles. The Morgan fingerprint density at radius 3 is 2.77 bits per heavy atom. The van der Waals surface area contributed by atoms with E-state index in [2.05, 4.69) is 39.4 Å². The third-order valence-corrected chi connectivity index (χ3v) is 6.48. The van der Waals surface area contributed by atoms with Gasteiger partial charge >= 0.3 is 0 Å². The number of aromatic nitrogens is 4. The molecule has 0 radical (unpaired) electrons. The van der Waals surface area contributed by atoms with Crippen LogP contribution < -0.4 is 5.32 Å². The summed E-state index contributed by atoms with van der Waals surface area (Å²) in [6, 6.07) is 5.20. The fourth-order valence-electron chi connectivity index (χ4n) is 5.28. The number of hydrogen-bond acceptors (Lipinski definition) is 6. The summed E-state index contributed by atoms with van der Waals surface area (Å²) in [5.74, 6) is 2.56. The fourth-order valence-corrected chi connectivity index (χ4v) is 5.28. The highest BCUT2D eigenvalue weighted by Crippen LogP contribution is 2.41. The molecular weight excluding hydrogens is 328 g/mol. The molecule has 26 heavy (non-hydrogen) atoms. The molecule has 0 spiro atoms. The van der Waals surface area contributed by atoms with Gasteiger partial charge in [-0.05, 0) is 63.5 Å². The van der Waals surface area contributed by atoms with Gasteiger partial charge in [0.15, 0.2) is 5.65 Å². The lowest BCUT2D eigenvalue weighted by Crippen LogP contribution is -2.45. The van der Waals surface area contributed by atoms with Crippen LogP contribution in [-0.4, -0.2) is 62.1 Å². The van der Waals surface area contributed by atoms with Crippen molar-refractivity contribution in [3.05, 3.63) is 18.5 Å². The average Bonchev–Trinajstić information content (AvgIpc) is 3.27. The summed E-state index contributed by atoms with van der Waals surface area (Å²) in [4.78, 5) is 2.75. The maximum Gasteiger partial charge on any atom is 0.177 e. The van der Waals surface area contributed by atoms with E-state index in [1.165, 1.54) is 32.4 Å². The third-order valence-electron chi connectivity index (χ3n) is 6.48. The Balaban J connectivity index is 1.19. The van der Waals surface area contributed by atoms with E-state index < -0.39 is 0 Å². The molecule has 7 nitrogen and oxygen atoms in total. The summed E-state index contributed by atoms with van der Waals surface area (Å²) in [5, 5.41) is 16.1. The van der Waals surface area contributed by atoms with Crippen molar-refractivity contribution in [3.63, 3.8) is 0 Å². The predicted octanol–water partition coefficient (Wildman–Crippen LogP) is 2.20. The Morgan fingerprint density at radius 2 is 2.00 bits per heavy atom. The second-order valence-corrected chi connectivity index (χ2v) is 8.89. The zero-order valence-electron chi connectivity index (χ0n) is 15.6. The Hall–Kier alpha value is -1.73. The van der Waals surface area contributed by atoms with Crippen LogP contribution in [0, 0.1) is 11.8 Å². The quantitative estimate of drug-likeness (QED) is 0.909. The topological polar surface area (TPSA) is 67.6 Å². The van der Waals surface area contributed by atoms with Gasteiger partial charge in [0.25, 0.3) is 0 Å². The molecule has 1 unspecified atom stereocenters. The Kier molecular flexibility index (Phi) is 3.90. The Labute approximate surface area is 154 Å². The van der Waals surface area contributed by atoms with Crippen LogP contribution in [0.25, 0.3) is 5.65 Å². The van der Waals surface area contributed by atoms with Crippen LogP contribution in [0.2, 0.25) is 0 Å². The van der Waals surface area contributed by atoms with E-state index in [0.29, 0.717) is 12.1 Å². The van der Waals surface area contributed by atoms with Gasteiger partial charge in [-0.2, -0.15) is 4.52 Å². The largest absolute Gasteiger partial charge is 0.375 e. The van der Waals surface area contributed by atoms with Crippen molar-refractivity contribution in [2.75, 3.05) is 25.0 Å². The highest BCUT2D eigenvalue weighted by molar-refractivity contribution is 5.43. The molecule has 0 amide bonds. The molecule has 2 aliphatic heterocycles. The van der Waals surface area contributed by atoms with Crippen LogP contribution in [-0.2, 0) is 4.74 Å². The first kappa shape index (κ1) is 16.4. The lowest BCUT2D eigenvalue weighted by atomic mass is 9.93. The van der Waals surface area contributed by atoms with Gasteiger partial charge in [0, 0.05) is 31.8 Å². The van der Waals surface area contributed by atoms with Gasteiger partial charge in [0.1, 0.15) is 12.1 Å². The van der Waals surface area contributed by atoms with Crippen molar-refractivity contribution in [1.82, 2.24) is 24.7 Å². The number of fused-ring (bicyclic) bond motifs is 2. The third kappa shape index (κ3) is 3.07. The molecular formula is C19H28N6O. The van der Waals surface area contributed by atoms with Gasteiger partial charge < -0.3 is 10.1 Å². The van der Waals surface area contributed by atoms with E-state index >= 15 is 0 Å². The molecule has 1 aliphatic carbocycles. The maximum atomic E-state index is 5.90. The molecule has 2 aromatic heterocycles. The fraction of sp³-hybridized carbons (Fsp3) is 0.737. The van der Waals surface area contributed by atoms with Crippen molar-refractivity contribution in [3.8, 4) is 0 Å². The summed E-state index contributed by atoms with van der Waals surface area (Å²) >= 11 is 0.